The second kappa shape index (κ2) is 8.90. The van der Waals surface area contributed by atoms with E-state index < -0.39 is 5.63 Å². The summed E-state index contributed by atoms with van der Waals surface area (Å²) in [7, 11) is 1.61. The number of hydrogen-bond donors (Lipinski definition) is 1. The van der Waals surface area contributed by atoms with Gasteiger partial charge in [-0.3, -0.25) is 0 Å². The third-order valence-corrected chi connectivity index (χ3v) is 4.34. The van der Waals surface area contributed by atoms with E-state index in [-0.39, 0.29) is 5.75 Å². The van der Waals surface area contributed by atoms with Crippen molar-refractivity contribution in [3.63, 3.8) is 0 Å². The Labute approximate surface area is 158 Å². The first-order chi connectivity index (χ1) is 13.2. The van der Waals surface area contributed by atoms with Crippen molar-refractivity contribution in [2.45, 2.75) is 19.3 Å². The molecule has 0 radical (unpaired) electrons. The van der Waals surface area contributed by atoms with Crippen molar-refractivity contribution in [1.29, 1.82) is 0 Å². The molecule has 0 saturated heterocycles. The molecule has 27 heavy (non-hydrogen) atoms. The molecular weight excluding hydrogens is 340 g/mol. The minimum Gasteiger partial charge on any atom is -0.507 e. The highest BCUT2D eigenvalue weighted by molar-refractivity contribution is 5.68. The van der Waals surface area contributed by atoms with Crippen LogP contribution in [0.2, 0.25) is 0 Å². The number of rotatable bonds is 7. The van der Waals surface area contributed by atoms with Gasteiger partial charge in [0.15, 0.2) is 0 Å². The summed E-state index contributed by atoms with van der Waals surface area (Å²) in [6, 6.07) is 19.0. The Morgan fingerprint density at radius 2 is 1.74 bits per heavy atom. The molecule has 2 aromatic carbocycles. The molecule has 1 aromatic heterocycles. The maximum absolute atomic E-state index is 12.2. The normalized spacial score (nSPS) is 11.0. The van der Waals surface area contributed by atoms with Crippen molar-refractivity contribution in [1.82, 2.24) is 0 Å². The predicted molar refractivity (Wildman–Crippen MR) is 107 cm³/mol. The molecule has 0 fully saturated rings. The van der Waals surface area contributed by atoms with Crippen LogP contribution >= 0.6 is 0 Å². The van der Waals surface area contributed by atoms with Gasteiger partial charge in [0.25, 0.3) is 0 Å². The van der Waals surface area contributed by atoms with Gasteiger partial charge < -0.3 is 14.3 Å². The summed E-state index contributed by atoms with van der Waals surface area (Å²) < 4.78 is 10.5. The highest BCUT2D eigenvalue weighted by atomic mass is 16.5. The van der Waals surface area contributed by atoms with E-state index in [1.165, 1.54) is 11.6 Å². The molecular formula is C23H22O4. The monoisotopic (exact) mass is 362 g/mol. The van der Waals surface area contributed by atoms with E-state index in [9.17, 15) is 9.90 Å². The fourth-order valence-corrected chi connectivity index (χ4v) is 2.84. The van der Waals surface area contributed by atoms with Crippen molar-refractivity contribution < 1.29 is 14.3 Å². The highest BCUT2D eigenvalue weighted by Gasteiger charge is 2.10. The van der Waals surface area contributed by atoms with Gasteiger partial charge in [-0.15, -0.1) is 0 Å². The number of aromatic hydroxyl groups is 1. The lowest BCUT2D eigenvalue weighted by Crippen LogP contribution is -2.08. The van der Waals surface area contributed by atoms with E-state index in [4.69, 9.17) is 9.15 Å². The molecule has 4 heteroatoms. The second-order valence-electron chi connectivity index (χ2n) is 6.25. The third-order valence-electron chi connectivity index (χ3n) is 4.34. The molecule has 3 rings (SSSR count). The molecule has 138 valence electrons. The first-order valence-corrected chi connectivity index (χ1v) is 8.88. The van der Waals surface area contributed by atoms with Crippen molar-refractivity contribution in [3.8, 4) is 11.5 Å². The van der Waals surface area contributed by atoms with Crippen LogP contribution in [0.15, 0.2) is 69.9 Å². The fraction of sp³-hybridized carbons (Fsp3) is 0.174. The largest absolute Gasteiger partial charge is 0.507 e. The molecule has 0 bridgehead atoms. The molecule has 1 N–H and O–H groups in total. The summed E-state index contributed by atoms with van der Waals surface area (Å²) in [4.78, 5) is 12.2. The van der Waals surface area contributed by atoms with Gasteiger partial charge in [-0.2, -0.15) is 0 Å². The van der Waals surface area contributed by atoms with Crippen molar-refractivity contribution in [3.05, 3.63) is 93.5 Å². The zero-order chi connectivity index (χ0) is 19.1. The summed E-state index contributed by atoms with van der Waals surface area (Å²) >= 11 is 0. The Balaban J connectivity index is 1.66. The van der Waals surface area contributed by atoms with Crippen LogP contribution in [0, 0.1) is 0 Å². The minimum atomic E-state index is -0.488. The van der Waals surface area contributed by atoms with E-state index in [0.29, 0.717) is 17.7 Å². The van der Waals surface area contributed by atoms with E-state index in [0.717, 1.165) is 24.2 Å². The van der Waals surface area contributed by atoms with Gasteiger partial charge in [0.05, 0.1) is 12.7 Å². The van der Waals surface area contributed by atoms with Crippen LogP contribution in [0.5, 0.6) is 11.5 Å². The average molecular weight is 362 g/mol. The van der Waals surface area contributed by atoms with Crippen molar-refractivity contribution >= 4 is 12.2 Å². The maximum atomic E-state index is 12.2. The highest BCUT2D eigenvalue weighted by Crippen LogP contribution is 2.20. The molecule has 3 aromatic rings. The molecule has 4 nitrogen and oxygen atoms in total. The van der Waals surface area contributed by atoms with Gasteiger partial charge in [-0.05, 0) is 48.6 Å². The van der Waals surface area contributed by atoms with E-state index in [2.05, 4.69) is 12.1 Å². The molecule has 0 unspecified atom stereocenters. The molecule has 0 aliphatic rings. The number of methoxy groups -OCH3 is 1. The van der Waals surface area contributed by atoms with Crippen LogP contribution in [0.3, 0.4) is 0 Å². The zero-order valence-electron chi connectivity index (χ0n) is 15.2. The SMILES string of the molecule is COc1ccc(/C=C/c2cc(O)c(CCCc3ccccc3)c(=O)o2)cc1. The summed E-state index contributed by atoms with van der Waals surface area (Å²) in [6.07, 6.45) is 5.57. The molecule has 0 amide bonds. The second-order valence-corrected chi connectivity index (χ2v) is 6.25. The van der Waals surface area contributed by atoms with Gasteiger partial charge in [0, 0.05) is 6.07 Å². The van der Waals surface area contributed by atoms with Gasteiger partial charge in [0.2, 0.25) is 0 Å². The molecule has 0 spiro atoms. The molecule has 0 saturated carbocycles. The first kappa shape index (κ1) is 18.5. The lowest BCUT2D eigenvalue weighted by molar-refractivity contribution is 0.415. The van der Waals surface area contributed by atoms with Crippen LogP contribution in [-0.2, 0) is 12.8 Å². The minimum absolute atomic E-state index is 0.0197. The molecule has 1 heterocycles. The van der Waals surface area contributed by atoms with Gasteiger partial charge in [-0.1, -0.05) is 48.5 Å². The van der Waals surface area contributed by atoms with Gasteiger partial charge >= 0.3 is 5.63 Å². The summed E-state index contributed by atoms with van der Waals surface area (Å²) in [5.74, 6) is 1.07. The number of hydrogen-bond acceptors (Lipinski definition) is 4. The molecule has 0 aliphatic carbocycles. The first-order valence-electron chi connectivity index (χ1n) is 8.88. The summed E-state index contributed by atoms with van der Waals surface area (Å²) in [5.41, 5.74) is 1.98. The Morgan fingerprint density at radius 1 is 1.00 bits per heavy atom. The van der Waals surface area contributed by atoms with Gasteiger partial charge in [-0.25, -0.2) is 4.79 Å². The van der Waals surface area contributed by atoms with Crippen LogP contribution in [0.25, 0.3) is 12.2 Å². The summed E-state index contributed by atoms with van der Waals surface area (Å²) in [5, 5.41) is 10.2. The number of ether oxygens (including phenoxy) is 1. The van der Waals surface area contributed by atoms with Crippen LogP contribution in [0.4, 0.5) is 0 Å². The van der Waals surface area contributed by atoms with E-state index in [1.54, 1.807) is 13.2 Å². The Kier molecular flexibility index (Phi) is 6.10. The predicted octanol–water partition coefficient (Wildman–Crippen LogP) is 4.70. The van der Waals surface area contributed by atoms with Crippen LogP contribution < -0.4 is 10.4 Å². The standard InChI is InChI=1S/C23H22O4/c1-26-19-13-10-18(11-14-19)12-15-20-16-22(24)21(23(25)27-20)9-5-8-17-6-3-2-4-7-17/h2-4,6-7,10-16,24H,5,8-9H2,1H3/b15-12+. The molecule has 0 aliphatic heterocycles. The number of benzene rings is 2. The fourth-order valence-electron chi connectivity index (χ4n) is 2.84. The van der Waals surface area contributed by atoms with Crippen molar-refractivity contribution in [2.75, 3.05) is 7.11 Å². The quantitative estimate of drug-likeness (QED) is 0.662. The maximum Gasteiger partial charge on any atom is 0.343 e. The topological polar surface area (TPSA) is 59.7 Å². The Bertz CT molecular complexity index is 954. The van der Waals surface area contributed by atoms with Crippen molar-refractivity contribution in [2.24, 2.45) is 0 Å². The van der Waals surface area contributed by atoms with Gasteiger partial charge in [0.1, 0.15) is 17.3 Å². The smallest absolute Gasteiger partial charge is 0.343 e. The lowest BCUT2D eigenvalue weighted by Gasteiger charge is -2.04. The Morgan fingerprint density at radius 3 is 2.41 bits per heavy atom. The number of aryl methyl sites for hydroxylation is 1. The molecule has 0 atom stereocenters. The lowest BCUT2D eigenvalue weighted by atomic mass is 10.0. The van der Waals surface area contributed by atoms with Crippen LogP contribution in [0.1, 0.15) is 28.9 Å². The van der Waals surface area contributed by atoms with E-state index in [1.807, 2.05) is 48.5 Å². The zero-order valence-corrected chi connectivity index (χ0v) is 15.2. The van der Waals surface area contributed by atoms with Crippen LogP contribution in [-0.4, -0.2) is 12.2 Å². The summed E-state index contributed by atoms with van der Waals surface area (Å²) in [6.45, 7) is 0. The average Bonchev–Trinajstić information content (AvgIpc) is 2.69. The third kappa shape index (κ3) is 5.11. The van der Waals surface area contributed by atoms with E-state index >= 15 is 0 Å². The Hall–Kier alpha value is -3.27.